The van der Waals surface area contributed by atoms with Gasteiger partial charge in [0.2, 0.25) is 0 Å². The maximum atomic E-state index is 12.9. The fraction of sp³-hybridized carbons (Fsp3) is 0.350. The van der Waals surface area contributed by atoms with E-state index in [0.717, 1.165) is 36.6 Å². The summed E-state index contributed by atoms with van der Waals surface area (Å²) in [5.74, 6) is 0. The van der Waals surface area contributed by atoms with Crippen LogP contribution in [0.1, 0.15) is 22.4 Å². The molecule has 7 heteroatoms. The van der Waals surface area contributed by atoms with Gasteiger partial charge in [-0.05, 0) is 48.9 Å². The molecule has 3 nitrogen and oxygen atoms in total. The number of nitrogens with zero attached hydrogens (tertiary/aromatic N) is 3. The van der Waals surface area contributed by atoms with Crippen molar-refractivity contribution in [1.29, 1.82) is 0 Å². The first kappa shape index (κ1) is 18.3. The SMILES string of the molecule is CN1CCc2c(c3cc(Cl)ccc3n2CCc2cncc(C(F)(F)F)c2)C1. The lowest BCUT2D eigenvalue weighted by atomic mass is 10.1. The van der Waals surface area contributed by atoms with Gasteiger partial charge in [0.15, 0.2) is 0 Å². The minimum Gasteiger partial charge on any atom is -0.344 e. The van der Waals surface area contributed by atoms with E-state index >= 15 is 0 Å². The molecular formula is C20H19ClF3N3. The molecule has 3 aromatic rings. The Morgan fingerprint density at radius 3 is 2.78 bits per heavy atom. The zero-order chi connectivity index (χ0) is 19.2. The number of aryl methyl sites for hydroxylation is 2. The summed E-state index contributed by atoms with van der Waals surface area (Å²) in [5, 5.41) is 1.82. The molecule has 0 aliphatic carbocycles. The largest absolute Gasteiger partial charge is 0.417 e. The van der Waals surface area contributed by atoms with Crippen molar-refractivity contribution in [1.82, 2.24) is 14.5 Å². The third kappa shape index (κ3) is 3.56. The molecule has 1 aliphatic rings. The van der Waals surface area contributed by atoms with E-state index in [1.165, 1.54) is 23.5 Å². The summed E-state index contributed by atoms with van der Waals surface area (Å²) >= 11 is 6.20. The number of aromatic nitrogens is 2. The smallest absolute Gasteiger partial charge is 0.344 e. The van der Waals surface area contributed by atoms with Crippen LogP contribution in [0.15, 0.2) is 36.7 Å². The maximum Gasteiger partial charge on any atom is 0.417 e. The second-order valence-electron chi connectivity index (χ2n) is 7.06. The van der Waals surface area contributed by atoms with Gasteiger partial charge in [-0.3, -0.25) is 4.98 Å². The van der Waals surface area contributed by atoms with Crippen LogP contribution in [0.5, 0.6) is 0 Å². The van der Waals surface area contributed by atoms with E-state index in [0.29, 0.717) is 23.6 Å². The zero-order valence-electron chi connectivity index (χ0n) is 14.9. The Morgan fingerprint density at radius 1 is 1.19 bits per heavy atom. The summed E-state index contributed by atoms with van der Waals surface area (Å²) in [6.07, 6.45) is -0.583. The van der Waals surface area contributed by atoms with Crippen LogP contribution in [0.3, 0.4) is 0 Å². The summed E-state index contributed by atoms with van der Waals surface area (Å²) in [7, 11) is 2.09. The molecule has 0 radical (unpaired) electrons. The topological polar surface area (TPSA) is 21.1 Å². The summed E-state index contributed by atoms with van der Waals surface area (Å²) in [6, 6.07) is 7.04. The fourth-order valence-electron chi connectivity index (χ4n) is 3.83. The van der Waals surface area contributed by atoms with Gasteiger partial charge in [-0.2, -0.15) is 13.2 Å². The van der Waals surface area contributed by atoms with Crippen LogP contribution < -0.4 is 0 Å². The summed E-state index contributed by atoms with van der Waals surface area (Å²) < 4.78 is 41.0. The van der Waals surface area contributed by atoms with Crippen LogP contribution in [-0.4, -0.2) is 28.0 Å². The number of rotatable bonds is 3. The quantitative estimate of drug-likeness (QED) is 0.628. The first-order valence-electron chi connectivity index (χ1n) is 8.82. The Morgan fingerprint density at radius 2 is 2.00 bits per heavy atom. The van der Waals surface area contributed by atoms with Crippen LogP contribution in [0.25, 0.3) is 10.9 Å². The van der Waals surface area contributed by atoms with Gasteiger partial charge in [0.1, 0.15) is 0 Å². The molecule has 0 unspecified atom stereocenters. The molecule has 1 aliphatic heterocycles. The highest BCUT2D eigenvalue weighted by Crippen LogP contribution is 2.33. The van der Waals surface area contributed by atoms with E-state index in [-0.39, 0.29) is 0 Å². The Hall–Kier alpha value is -2.05. The molecule has 2 aromatic heterocycles. The molecule has 27 heavy (non-hydrogen) atoms. The number of fused-ring (bicyclic) bond motifs is 3. The highest BCUT2D eigenvalue weighted by molar-refractivity contribution is 6.31. The van der Waals surface area contributed by atoms with Gasteiger partial charge in [-0.1, -0.05) is 11.6 Å². The van der Waals surface area contributed by atoms with Crippen molar-refractivity contribution in [3.05, 3.63) is 64.1 Å². The highest BCUT2D eigenvalue weighted by Gasteiger charge is 2.31. The minimum absolute atomic E-state index is 0.492. The maximum absolute atomic E-state index is 12.9. The molecule has 0 spiro atoms. The van der Waals surface area contributed by atoms with Crippen molar-refractivity contribution in [3.8, 4) is 0 Å². The third-order valence-corrected chi connectivity index (χ3v) is 5.39. The summed E-state index contributed by atoms with van der Waals surface area (Å²) in [4.78, 5) is 6.04. The molecule has 3 heterocycles. The molecule has 0 amide bonds. The molecule has 0 saturated carbocycles. The van der Waals surface area contributed by atoms with Crippen molar-refractivity contribution in [3.63, 3.8) is 0 Å². The average Bonchev–Trinajstić information content (AvgIpc) is 2.92. The fourth-order valence-corrected chi connectivity index (χ4v) is 4.00. The summed E-state index contributed by atoms with van der Waals surface area (Å²) in [5.41, 5.74) is 3.49. The zero-order valence-corrected chi connectivity index (χ0v) is 15.6. The molecule has 0 atom stereocenters. The standard InChI is InChI=1S/C20H19ClF3N3/c1-26-6-5-19-17(12-26)16-9-15(21)2-3-18(16)27(19)7-4-13-8-14(11-25-10-13)20(22,23)24/h2-3,8-11H,4-7,12H2,1H3. The normalized spacial score (nSPS) is 15.3. The van der Waals surface area contributed by atoms with E-state index in [4.69, 9.17) is 11.6 Å². The van der Waals surface area contributed by atoms with Gasteiger partial charge in [-0.15, -0.1) is 0 Å². The number of alkyl halides is 3. The Bertz CT molecular complexity index is 994. The van der Waals surface area contributed by atoms with E-state index < -0.39 is 11.7 Å². The first-order chi connectivity index (χ1) is 12.8. The number of pyridine rings is 1. The highest BCUT2D eigenvalue weighted by atomic mass is 35.5. The molecular weight excluding hydrogens is 375 g/mol. The van der Waals surface area contributed by atoms with Crippen molar-refractivity contribution in [2.24, 2.45) is 0 Å². The monoisotopic (exact) mass is 393 g/mol. The third-order valence-electron chi connectivity index (χ3n) is 5.15. The molecule has 0 saturated heterocycles. The van der Waals surface area contributed by atoms with Crippen molar-refractivity contribution in [2.75, 3.05) is 13.6 Å². The van der Waals surface area contributed by atoms with Gasteiger partial charge >= 0.3 is 6.18 Å². The van der Waals surface area contributed by atoms with Gasteiger partial charge in [0, 0.05) is 60.1 Å². The minimum atomic E-state index is -4.37. The lowest BCUT2D eigenvalue weighted by Crippen LogP contribution is -2.27. The number of halogens is 4. The second-order valence-corrected chi connectivity index (χ2v) is 7.49. The number of benzene rings is 1. The predicted octanol–water partition coefficient (Wildman–Crippen LogP) is 4.94. The van der Waals surface area contributed by atoms with Crippen molar-refractivity contribution < 1.29 is 13.2 Å². The second kappa shape index (κ2) is 6.84. The van der Waals surface area contributed by atoms with Gasteiger partial charge < -0.3 is 9.47 Å². The van der Waals surface area contributed by atoms with E-state index in [1.807, 2.05) is 18.2 Å². The lowest BCUT2D eigenvalue weighted by Gasteiger charge is -2.24. The molecule has 0 N–H and O–H groups in total. The van der Waals surface area contributed by atoms with Crippen LogP contribution in [-0.2, 0) is 32.1 Å². The average molecular weight is 394 g/mol. The molecule has 0 bridgehead atoms. The van der Waals surface area contributed by atoms with Crippen LogP contribution in [0.4, 0.5) is 13.2 Å². The van der Waals surface area contributed by atoms with Crippen LogP contribution in [0, 0.1) is 0 Å². The van der Waals surface area contributed by atoms with Crippen molar-refractivity contribution in [2.45, 2.75) is 32.1 Å². The molecule has 4 rings (SSSR count). The number of hydrogen-bond acceptors (Lipinski definition) is 2. The molecule has 1 aromatic carbocycles. The lowest BCUT2D eigenvalue weighted by molar-refractivity contribution is -0.137. The Balaban J connectivity index is 1.69. The Kier molecular flexibility index (Phi) is 4.64. The van der Waals surface area contributed by atoms with Gasteiger partial charge in [0.05, 0.1) is 5.56 Å². The van der Waals surface area contributed by atoms with E-state index in [2.05, 4.69) is 21.5 Å². The van der Waals surface area contributed by atoms with Gasteiger partial charge in [0.25, 0.3) is 0 Å². The molecule has 142 valence electrons. The number of likely N-dealkylation sites (N-methyl/N-ethyl adjacent to an activating group) is 1. The summed E-state index contributed by atoms with van der Waals surface area (Å²) in [6.45, 7) is 2.42. The molecule has 0 fully saturated rings. The first-order valence-corrected chi connectivity index (χ1v) is 9.20. The van der Waals surface area contributed by atoms with E-state index in [9.17, 15) is 13.2 Å². The predicted molar refractivity (Wildman–Crippen MR) is 99.9 cm³/mol. The van der Waals surface area contributed by atoms with E-state index in [1.54, 1.807) is 0 Å². The Labute approximate surface area is 160 Å². The van der Waals surface area contributed by atoms with Crippen LogP contribution >= 0.6 is 11.6 Å². The van der Waals surface area contributed by atoms with Crippen LogP contribution in [0.2, 0.25) is 5.02 Å². The van der Waals surface area contributed by atoms with Gasteiger partial charge in [-0.25, -0.2) is 0 Å². The number of hydrogen-bond donors (Lipinski definition) is 0. The van der Waals surface area contributed by atoms with Crippen molar-refractivity contribution >= 4 is 22.5 Å².